The van der Waals surface area contributed by atoms with Crippen LogP contribution in [-0.2, 0) is 0 Å². The second kappa shape index (κ2) is 3.90. The van der Waals surface area contributed by atoms with Gasteiger partial charge in [-0.15, -0.1) is 11.3 Å². The number of hydrogen-bond acceptors (Lipinski definition) is 3. The largest absolute Gasteiger partial charge is 0.397 e. The molecule has 4 heteroatoms. The van der Waals surface area contributed by atoms with Crippen molar-refractivity contribution in [1.29, 1.82) is 0 Å². The zero-order valence-corrected chi connectivity index (χ0v) is 9.07. The fraction of sp³-hybridized carbons (Fsp3) is 0.0909. The number of anilines is 3. The van der Waals surface area contributed by atoms with Crippen molar-refractivity contribution in [3.05, 3.63) is 41.0 Å². The van der Waals surface area contributed by atoms with Crippen LogP contribution < -0.4 is 11.1 Å². The summed E-state index contributed by atoms with van der Waals surface area (Å²) in [5.74, 6) is -0.319. The minimum absolute atomic E-state index is 0.319. The van der Waals surface area contributed by atoms with Crippen LogP contribution in [0.5, 0.6) is 0 Å². The summed E-state index contributed by atoms with van der Waals surface area (Å²) < 4.78 is 12.8. The molecule has 0 atom stereocenters. The topological polar surface area (TPSA) is 38.0 Å². The second-order valence-corrected chi connectivity index (χ2v) is 4.21. The first-order valence-corrected chi connectivity index (χ1v) is 5.41. The normalized spacial score (nSPS) is 10.3. The van der Waals surface area contributed by atoms with Crippen molar-refractivity contribution in [2.45, 2.75) is 6.92 Å². The minimum atomic E-state index is -0.319. The maximum Gasteiger partial charge on any atom is 0.125 e. The molecule has 0 aliphatic carbocycles. The average molecular weight is 222 g/mol. The van der Waals surface area contributed by atoms with Crippen LogP contribution in [0.15, 0.2) is 29.6 Å². The van der Waals surface area contributed by atoms with Crippen LogP contribution in [-0.4, -0.2) is 0 Å². The molecule has 15 heavy (non-hydrogen) atoms. The van der Waals surface area contributed by atoms with Crippen molar-refractivity contribution in [2.24, 2.45) is 0 Å². The highest BCUT2D eigenvalue weighted by molar-refractivity contribution is 7.14. The Labute approximate surface area is 91.5 Å². The number of aryl methyl sites for hydroxylation is 1. The molecule has 0 spiro atoms. The van der Waals surface area contributed by atoms with E-state index in [4.69, 9.17) is 5.73 Å². The first-order valence-electron chi connectivity index (χ1n) is 4.53. The zero-order valence-electron chi connectivity index (χ0n) is 8.25. The number of nitrogen functional groups attached to an aromatic ring is 1. The van der Waals surface area contributed by atoms with E-state index in [9.17, 15) is 4.39 Å². The third-order valence-electron chi connectivity index (χ3n) is 2.12. The zero-order chi connectivity index (χ0) is 10.8. The predicted molar refractivity (Wildman–Crippen MR) is 63.2 cm³/mol. The van der Waals surface area contributed by atoms with Gasteiger partial charge in [0.25, 0.3) is 0 Å². The predicted octanol–water partition coefficient (Wildman–Crippen LogP) is 3.52. The summed E-state index contributed by atoms with van der Waals surface area (Å²) in [5.41, 5.74) is 8.00. The van der Waals surface area contributed by atoms with Crippen molar-refractivity contribution >= 4 is 27.7 Å². The number of halogens is 1. The molecule has 1 heterocycles. The Hall–Kier alpha value is -1.55. The van der Waals surface area contributed by atoms with Gasteiger partial charge < -0.3 is 11.1 Å². The maximum absolute atomic E-state index is 12.8. The molecule has 1 aromatic carbocycles. The molecule has 0 radical (unpaired) electrons. The van der Waals surface area contributed by atoms with Crippen LogP contribution in [0.4, 0.5) is 20.8 Å². The van der Waals surface area contributed by atoms with Crippen LogP contribution in [0.25, 0.3) is 0 Å². The first kappa shape index (κ1) is 9.98. The number of benzene rings is 1. The molecule has 0 unspecified atom stereocenters. The van der Waals surface area contributed by atoms with Crippen LogP contribution in [0.2, 0.25) is 0 Å². The van der Waals surface area contributed by atoms with Gasteiger partial charge in [-0.2, -0.15) is 0 Å². The summed E-state index contributed by atoms with van der Waals surface area (Å²) >= 11 is 1.60. The van der Waals surface area contributed by atoms with Gasteiger partial charge in [-0.25, -0.2) is 4.39 Å². The summed E-state index contributed by atoms with van der Waals surface area (Å²) in [4.78, 5) is 0. The summed E-state index contributed by atoms with van der Waals surface area (Å²) in [6, 6.07) is 6.36. The van der Waals surface area contributed by atoms with Gasteiger partial charge in [-0.1, -0.05) is 0 Å². The van der Waals surface area contributed by atoms with Gasteiger partial charge in [0.1, 0.15) is 5.82 Å². The van der Waals surface area contributed by atoms with E-state index in [1.54, 1.807) is 17.4 Å². The van der Waals surface area contributed by atoms with Crippen molar-refractivity contribution in [2.75, 3.05) is 11.1 Å². The Morgan fingerprint density at radius 1 is 1.33 bits per heavy atom. The molecule has 0 bridgehead atoms. The van der Waals surface area contributed by atoms with E-state index in [-0.39, 0.29) is 5.82 Å². The fourth-order valence-corrected chi connectivity index (χ4v) is 2.10. The highest BCUT2D eigenvalue weighted by Gasteiger charge is 2.03. The first-order chi connectivity index (χ1) is 7.16. The molecule has 1 aromatic heterocycles. The van der Waals surface area contributed by atoms with E-state index in [1.807, 2.05) is 18.4 Å². The lowest BCUT2D eigenvalue weighted by Crippen LogP contribution is -1.96. The highest BCUT2D eigenvalue weighted by Crippen LogP contribution is 2.29. The van der Waals surface area contributed by atoms with Crippen molar-refractivity contribution in [3.63, 3.8) is 0 Å². The van der Waals surface area contributed by atoms with Gasteiger partial charge in [-0.05, 0) is 42.1 Å². The Balaban J connectivity index is 2.29. The standard InChI is InChI=1S/C11H11FN2S/c1-7-4-5-15-11(7)14-10-3-2-8(12)6-9(10)13/h2-6,14H,13H2,1H3. The summed E-state index contributed by atoms with van der Waals surface area (Å²) in [5, 5.41) is 6.21. The molecular weight excluding hydrogens is 211 g/mol. The highest BCUT2D eigenvalue weighted by atomic mass is 32.1. The lowest BCUT2D eigenvalue weighted by atomic mass is 10.2. The molecule has 0 aliphatic heterocycles. The van der Waals surface area contributed by atoms with E-state index < -0.39 is 0 Å². The van der Waals surface area contributed by atoms with E-state index >= 15 is 0 Å². The number of nitrogens with one attached hydrogen (secondary N) is 1. The molecular formula is C11H11FN2S. The van der Waals surface area contributed by atoms with Crippen LogP contribution in [0.1, 0.15) is 5.56 Å². The van der Waals surface area contributed by atoms with E-state index in [0.29, 0.717) is 5.69 Å². The molecule has 0 amide bonds. The summed E-state index contributed by atoms with van der Waals surface area (Å²) in [7, 11) is 0. The number of nitrogens with two attached hydrogens (primary N) is 1. The van der Waals surface area contributed by atoms with Crippen LogP contribution in [0.3, 0.4) is 0 Å². The number of hydrogen-bond donors (Lipinski definition) is 2. The van der Waals surface area contributed by atoms with Gasteiger partial charge >= 0.3 is 0 Å². The molecule has 78 valence electrons. The van der Waals surface area contributed by atoms with Gasteiger partial charge in [0.2, 0.25) is 0 Å². The average Bonchev–Trinajstić information content (AvgIpc) is 2.57. The van der Waals surface area contributed by atoms with Gasteiger partial charge in [-0.3, -0.25) is 0 Å². The van der Waals surface area contributed by atoms with Gasteiger partial charge in [0.15, 0.2) is 0 Å². The van der Waals surface area contributed by atoms with Crippen molar-refractivity contribution in [1.82, 2.24) is 0 Å². The van der Waals surface area contributed by atoms with Crippen LogP contribution in [0, 0.1) is 12.7 Å². The van der Waals surface area contributed by atoms with Crippen LogP contribution >= 0.6 is 11.3 Å². The molecule has 2 nitrogen and oxygen atoms in total. The van der Waals surface area contributed by atoms with E-state index in [0.717, 1.165) is 16.3 Å². The van der Waals surface area contributed by atoms with Gasteiger partial charge in [0, 0.05) is 0 Å². The molecule has 0 aliphatic rings. The molecule has 2 rings (SSSR count). The minimum Gasteiger partial charge on any atom is -0.397 e. The monoisotopic (exact) mass is 222 g/mol. The van der Waals surface area contributed by atoms with Crippen molar-refractivity contribution in [3.8, 4) is 0 Å². The number of thiophene rings is 1. The SMILES string of the molecule is Cc1ccsc1Nc1ccc(F)cc1N. The third-order valence-corrected chi connectivity index (χ3v) is 3.06. The Morgan fingerprint density at radius 2 is 2.13 bits per heavy atom. The molecule has 2 aromatic rings. The molecule has 0 fully saturated rings. The van der Waals surface area contributed by atoms with Gasteiger partial charge in [0.05, 0.1) is 16.4 Å². The second-order valence-electron chi connectivity index (χ2n) is 3.29. The van der Waals surface area contributed by atoms with Crippen molar-refractivity contribution < 1.29 is 4.39 Å². The summed E-state index contributed by atoms with van der Waals surface area (Å²) in [6.45, 7) is 2.01. The molecule has 0 saturated carbocycles. The molecule has 3 N–H and O–H groups in total. The molecule has 0 saturated heterocycles. The Kier molecular flexibility index (Phi) is 2.60. The maximum atomic E-state index is 12.8. The summed E-state index contributed by atoms with van der Waals surface area (Å²) in [6.07, 6.45) is 0. The smallest absolute Gasteiger partial charge is 0.125 e. The fourth-order valence-electron chi connectivity index (χ4n) is 1.27. The quantitative estimate of drug-likeness (QED) is 0.763. The lowest BCUT2D eigenvalue weighted by Gasteiger charge is -2.08. The number of rotatable bonds is 2. The Bertz CT molecular complexity index is 479. The lowest BCUT2D eigenvalue weighted by molar-refractivity contribution is 0.628. The Morgan fingerprint density at radius 3 is 2.73 bits per heavy atom. The van der Waals surface area contributed by atoms with E-state index in [2.05, 4.69) is 5.32 Å². The third kappa shape index (κ3) is 2.10. The van der Waals surface area contributed by atoms with E-state index in [1.165, 1.54) is 12.1 Å².